The van der Waals surface area contributed by atoms with E-state index < -0.39 is 0 Å². The number of halogens is 1. The zero-order chi connectivity index (χ0) is 10.9. The number of alkyl halides is 1. The van der Waals surface area contributed by atoms with Gasteiger partial charge in [0.1, 0.15) is 0 Å². The van der Waals surface area contributed by atoms with Gasteiger partial charge < -0.3 is 4.74 Å². The van der Waals surface area contributed by atoms with E-state index in [1.807, 2.05) is 7.11 Å². The third-order valence-corrected chi connectivity index (χ3v) is 6.74. The van der Waals surface area contributed by atoms with Gasteiger partial charge in [-0.15, -0.1) is 0 Å². The lowest BCUT2D eigenvalue weighted by atomic mass is 9.61. The van der Waals surface area contributed by atoms with Crippen LogP contribution in [0.3, 0.4) is 0 Å². The summed E-state index contributed by atoms with van der Waals surface area (Å²) >= 11 is 2.67. The number of ether oxygens (including phenoxy) is 1. The second-order valence-electron chi connectivity index (χ2n) is 5.38. The standard InChI is InChI=1S/C14H15IO/c1-16-10-6-9-11-7-4-2-3-5-8(7)12(11)13(10)14(9)15/h2-5,9-14H,6H2,1H3/t9-,10+,11-,12-,13+,14-/m1/s1. The molecule has 1 aromatic rings. The van der Waals surface area contributed by atoms with Gasteiger partial charge in [0.2, 0.25) is 0 Å². The van der Waals surface area contributed by atoms with E-state index >= 15 is 0 Å². The molecule has 0 saturated heterocycles. The molecule has 2 heteroatoms. The van der Waals surface area contributed by atoms with Gasteiger partial charge in [0.05, 0.1) is 6.10 Å². The van der Waals surface area contributed by atoms with Crippen LogP contribution in [-0.4, -0.2) is 17.1 Å². The van der Waals surface area contributed by atoms with E-state index in [0.29, 0.717) is 6.10 Å². The highest BCUT2D eigenvalue weighted by molar-refractivity contribution is 14.1. The smallest absolute Gasteiger partial charge is 0.0618 e. The lowest BCUT2D eigenvalue weighted by Crippen LogP contribution is -2.36. The van der Waals surface area contributed by atoms with E-state index in [9.17, 15) is 0 Å². The fraction of sp³-hybridized carbons (Fsp3) is 0.571. The van der Waals surface area contributed by atoms with Gasteiger partial charge in [0.15, 0.2) is 0 Å². The highest BCUT2D eigenvalue weighted by atomic mass is 127. The molecule has 3 aliphatic carbocycles. The van der Waals surface area contributed by atoms with Gasteiger partial charge in [-0.25, -0.2) is 0 Å². The molecule has 0 aliphatic heterocycles. The second-order valence-corrected chi connectivity index (χ2v) is 6.81. The maximum atomic E-state index is 5.68. The Balaban J connectivity index is 1.80. The first-order valence-electron chi connectivity index (χ1n) is 6.08. The summed E-state index contributed by atoms with van der Waals surface area (Å²) in [5.41, 5.74) is 3.25. The number of fused-ring (bicyclic) bond motifs is 8. The van der Waals surface area contributed by atoms with E-state index in [1.165, 1.54) is 6.42 Å². The van der Waals surface area contributed by atoms with Gasteiger partial charge in [0, 0.05) is 17.0 Å². The lowest BCUT2D eigenvalue weighted by Gasteiger charge is -2.44. The van der Waals surface area contributed by atoms with Crippen LogP contribution in [0.25, 0.3) is 0 Å². The van der Waals surface area contributed by atoms with Crippen molar-refractivity contribution in [2.75, 3.05) is 7.11 Å². The van der Waals surface area contributed by atoms with Crippen LogP contribution >= 0.6 is 22.6 Å². The lowest BCUT2D eigenvalue weighted by molar-refractivity contribution is 0.0379. The number of hydrogen-bond donors (Lipinski definition) is 0. The first kappa shape index (κ1) is 9.89. The first-order chi connectivity index (χ1) is 7.83. The highest BCUT2D eigenvalue weighted by Gasteiger charge is 2.63. The molecule has 2 saturated carbocycles. The maximum Gasteiger partial charge on any atom is 0.0618 e. The molecule has 0 spiro atoms. The van der Waals surface area contributed by atoms with Crippen LogP contribution in [0, 0.1) is 11.8 Å². The molecule has 2 fully saturated rings. The average molecular weight is 326 g/mol. The van der Waals surface area contributed by atoms with E-state index in [-0.39, 0.29) is 0 Å². The van der Waals surface area contributed by atoms with Crippen molar-refractivity contribution < 1.29 is 4.74 Å². The number of hydrogen-bond acceptors (Lipinski definition) is 1. The summed E-state index contributed by atoms with van der Waals surface area (Å²) in [6.45, 7) is 0. The van der Waals surface area contributed by atoms with Crippen LogP contribution < -0.4 is 0 Å². The maximum absolute atomic E-state index is 5.68. The van der Waals surface area contributed by atoms with Crippen molar-refractivity contribution in [1.29, 1.82) is 0 Å². The Morgan fingerprint density at radius 3 is 2.56 bits per heavy atom. The van der Waals surface area contributed by atoms with Crippen molar-refractivity contribution in [3.05, 3.63) is 35.4 Å². The van der Waals surface area contributed by atoms with Gasteiger partial charge in [-0.1, -0.05) is 46.9 Å². The van der Waals surface area contributed by atoms with Crippen molar-refractivity contribution in [2.45, 2.75) is 28.3 Å². The minimum absolute atomic E-state index is 0.515. The zero-order valence-corrected chi connectivity index (χ0v) is 11.4. The van der Waals surface area contributed by atoms with E-state index in [1.54, 1.807) is 11.1 Å². The summed E-state index contributed by atoms with van der Waals surface area (Å²) in [6.07, 6.45) is 1.80. The molecule has 1 aromatic carbocycles. The normalized spacial score (nSPS) is 47.4. The summed E-state index contributed by atoms with van der Waals surface area (Å²) in [5, 5.41) is 0. The van der Waals surface area contributed by atoms with E-state index in [0.717, 1.165) is 27.6 Å². The van der Waals surface area contributed by atoms with E-state index in [2.05, 4.69) is 46.9 Å². The largest absolute Gasteiger partial charge is 0.381 e. The fourth-order valence-electron chi connectivity index (χ4n) is 4.43. The molecule has 6 atom stereocenters. The molecule has 3 aliphatic rings. The van der Waals surface area contributed by atoms with Crippen LogP contribution in [0.2, 0.25) is 0 Å². The second kappa shape index (κ2) is 3.22. The molecule has 0 aromatic heterocycles. The molecule has 0 radical (unpaired) electrons. The molecule has 84 valence electrons. The highest BCUT2D eigenvalue weighted by Crippen LogP contribution is 2.69. The van der Waals surface area contributed by atoms with Gasteiger partial charge in [-0.05, 0) is 35.3 Å². The summed E-state index contributed by atoms with van der Waals surface area (Å²) in [7, 11) is 1.88. The Bertz CT molecular complexity index is 444. The Morgan fingerprint density at radius 2 is 1.88 bits per heavy atom. The third kappa shape index (κ3) is 0.969. The Labute approximate surface area is 110 Å². The quantitative estimate of drug-likeness (QED) is 0.568. The van der Waals surface area contributed by atoms with Crippen molar-refractivity contribution in [3.8, 4) is 0 Å². The zero-order valence-electron chi connectivity index (χ0n) is 9.27. The molecule has 0 amide bonds. The molecule has 16 heavy (non-hydrogen) atoms. The topological polar surface area (TPSA) is 9.23 Å². The Hall–Kier alpha value is -0.0900. The molecule has 1 nitrogen and oxygen atoms in total. The van der Waals surface area contributed by atoms with Gasteiger partial charge >= 0.3 is 0 Å². The third-order valence-electron chi connectivity index (χ3n) is 4.99. The molecular weight excluding hydrogens is 311 g/mol. The minimum atomic E-state index is 0.515. The van der Waals surface area contributed by atoms with Gasteiger partial charge in [-0.2, -0.15) is 0 Å². The molecular formula is C14H15IO. The van der Waals surface area contributed by atoms with Crippen LogP contribution in [0.1, 0.15) is 29.4 Å². The van der Waals surface area contributed by atoms with Crippen LogP contribution in [0.5, 0.6) is 0 Å². The van der Waals surface area contributed by atoms with Gasteiger partial charge in [-0.3, -0.25) is 0 Å². The summed E-state index contributed by atoms with van der Waals surface area (Å²) in [6, 6.07) is 9.04. The first-order valence-corrected chi connectivity index (χ1v) is 7.33. The summed E-state index contributed by atoms with van der Waals surface area (Å²) in [4.78, 5) is 0. The van der Waals surface area contributed by atoms with Crippen LogP contribution in [0.15, 0.2) is 24.3 Å². The SMILES string of the molecule is CO[C@H]1C[C@H]2[C@@H](I)[C@@H]1[C@@H]1c3ccccc3[C@H]21. The van der Waals surface area contributed by atoms with Crippen molar-refractivity contribution in [3.63, 3.8) is 0 Å². The van der Waals surface area contributed by atoms with Crippen LogP contribution in [0.4, 0.5) is 0 Å². The van der Waals surface area contributed by atoms with Crippen molar-refractivity contribution in [2.24, 2.45) is 11.8 Å². The van der Waals surface area contributed by atoms with Gasteiger partial charge in [0.25, 0.3) is 0 Å². The summed E-state index contributed by atoms with van der Waals surface area (Å²) < 4.78 is 6.50. The fourth-order valence-corrected chi connectivity index (χ4v) is 6.08. The molecule has 4 rings (SSSR count). The molecule has 0 N–H and O–H groups in total. The monoisotopic (exact) mass is 326 g/mol. The number of rotatable bonds is 1. The Morgan fingerprint density at radius 1 is 1.19 bits per heavy atom. The predicted molar refractivity (Wildman–Crippen MR) is 72.1 cm³/mol. The molecule has 0 heterocycles. The molecule has 2 bridgehead atoms. The number of methoxy groups -OCH3 is 1. The minimum Gasteiger partial charge on any atom is -0.381 e. The van der Waals surface area contributed by atoms with E-state index in [4.69, 9.17) is 4.74 Å². The van der Waals surface area contributed by atoms with Crippen molar-refractivity contribution >= 4 is 22.6 Å². The van der Waals surface area contributed by atoms with Crippen molar-refractivity contribution in [1.82, 2.24) is 0 Å². The Kier molecular flexibility index (Phi) is 1.99. The average Bonchev–Trinajstić information content (AvgIpc) is 2.73. The summed E-state index contributed by atoms with van der Waals surface area (Å²) in [5.74, 6) is 3.31. The van der Waals surface area contributed by atoms with Crippen LogP contribution in [-0.2, 0) is 4.74 Å². The molecule has 0 unspecified atom stereocenters. The number of benzene rings is 1. The predicted octanol–water partition coefficient (Wildman–Crippen LogP) is 3.34.